The number of halogens is 1. The lowest BCUT2D eigenvalue weighted by Gasteiger charge is -2.05. The number of fused-ring (bicyclic) bond motifs is 1. The molecule has 0 saturated carbocycles. The van der Waals surface area contributed by atoms with Crippen LogP contribution in [0.1, 0.15) is 5.69 Å². The molecule has 0 fully saturated rings. The van der Waals surface area contributed by atoms with Crippen LogP contribution in [0.2, 0.25) is 0 Å². The van der Waals surface area contributed by atoms with Crippen molar-refractivity contribution in [3.8, 4) is 11.3 Å². The first kappa shape index (κ1) is 11.5. The summed E-state index contributed by atoms with van der Waals surface area (Å²) in [6.45, 7) is 1.91. The van der Waals surface area contributed by atoms with Gasteiger partial charge in [-0.1, -0.05) is 12.1 Å². The summed E-state index contributed by atoms with van der Waals surface area (Å²) >= 11 is 0. The van der Waals surface area contributed by atoms with E-state index in [1.807, 2.05) is 19.1 Å². The van der Waals surface area contributed by atoms with Crippen LogP contribution in [0.4, 0.5) is 4.39 Å². The number of H-pyrrole nitrogens is 1. The Kier molecular flexibility index (Phi) is 2.59. The molecule has 0 spiro atoms. The summed E-state index contributed by atoms with van der Waals surface area (Å²) in [5.74, 6) is -0.556. The molecule has 0 saturated heterocycles. The Morgan fingerprint density at radius 1 is 1.21 bits per heavy atom. The number of nitrogens with one attached hydrogen (secondary N) is 1. The standard InChI is InChI=1S/C14H10FN3O/c1-8-2-3-9-6-10(4-5-12(9)17-8)13-11(15)7-16-14(19)18-13/h2-7H,1H3,(H,16,18,19). The van der Waals surface area contributed by atoms with Crippen molar-refractivity contribution in [1.82, 2.24) is 15.0 Å². The highest BCUT2D eigenvalue weighted by Crippen LogP contribution is 2.23. The summed E-state index contributed by atoms with van der Waals surface area (Å²) in [5.41, 5.74) is 1.92. The van der Waals surface area contributed by atoms with Gasteiger partial charge < -0.3 is 4.98 Å². The first-order valence-electron chi connectivity index (χ1n) is 5.76. The fourth-order valence-corrected chi connectivity index (χ4v) is 1.97. The van der Waals surface area contributed by atoms with E-state index in [9.17, 15) is 9.18 Å². The topological polar surface area (TPSA) is 58.6 Å². The second-order valence-corrected chi connectivity index (χ2v) is 4.27. The maximum Gasteiger partial charge on any atom is 0.345 e. The smallest absolute Gasteiger partial charge is 0.303 e. The van der Waals surface area contributed by atoms with Crippen molar-refractivity contribution in [2.24, 2.45) is 0 Å². The van der Waals surface area contributed by atoms with E-state index in [0.717, 1.165) is 22.8 Å². The molecule has 4 nitrogen and oxygen atoms in total. The molecule has 0 amide bonds. The number of aromatic nitrogens is 3. The number of pyridine rings is 1. The third-order valence-electron chi connectivity index (χ3n) is 2.88. The van der Waals surface area contributed by atoms with E-state index in [-0.39, 0.29) is 5.69 Å². The molecule has 0 unspecified atom stereocenters. The lowest BCUT2D eigenvalue weighted by molar-refractivity contribution is 0.615. The SMILES string of the molecule is Cc1ccc2cc(-c3[nH]c(=O)ncc3F)ccc2n1. The van der Waals surface area contributed by atoms with Gasteiger partial charge >= 0.3 is 5.69 Å². The molecule has 1 aromatic carbocycles. The highest BCUT2D eigenvalue weighted by molar-refractivity contribution is 5.83. The molecule has 0 bridgehead atoms. The number of benzene rings is 1. The van der Waals surface area contributed by atoms with Crippen LogP contribution in [0.25, 0.3) is 22.2 Å². The molecule has 0 atom stereocenters. The van der Waals surface area contributed by atoms with Gasteiger partial charge in [0.1, 0.15) is 0 Å². The summed E-state index contributed by atoms with van der Waals surface area (Å²) in [7, 11) is 0. The van der Waals surface area contributed by atoms with Gasteiger partial charge in [-0.25, -0.2) is 9.18 Å². The Bertz CT molecular complexity index is 826. The summed E-state index contributed by atoms with van der Waals surface area (Å²) in [5, 5.41) is 0.889. The van der Waals surface area contributed by atoms with Crippen molar-refractivity contribution in [3.05, 3.63) is 58.5 Å². The highest BCUT2D eigenvalue weighted by Gasteiger charge is 2.07. The molecule has 2 heterocycles. The van der Waals surface area contributed by atoms with Crippen LogP contribution < -0.4 is 5.69 Å². The molecule has 3 rings (SSSR count). The first-order valence-corrected chi connectivity index (χ1v) is 5.76. The number of hydrogen-bond acceptors (Lipinski definition) is 3. The Morgan fingerprint density at radius 3 is 2.89 bits per heavy atom. The zero-order chi connectivity index (χ0) is 13.4. The second-order valence-electron chi connectivity index (χ2n) is 4.27. The van der Waals surface area contributed by atoms with Crippen molar-refractivity contribution >= 4 is 10.9 Å². The Hall–Kier alpha value is -2.56. The van der Waals surface area contributed by atoms with E-state index in [2.05, 4.69) is 15.0 Å². The molecule has 0 aliphatic rings. The van der Waals surface area contributed by atoms with E-state index >= 15 is 0 Å². The molecule has 3 aromatic rings. The van der Waals surface area contributed by atoms with Crippen molar-refractivity contribution in [2.45, 2.75) is 6.92 Å². The summed E-state index contributed by atoms with van der Waals surface area (Å²) in [6.07, 6.45) is 0.922. The van der Waals surface area contributed by atoms with Crippen LogP contribution in [-0.4, -0.2) is 15.0 Å². The van der Waals surface area contributed by atoms with Crippen molar-refractivity contribution in [3.63, 3.8) is 0 Å². The maximum atomic E-state index is 13.7. The zero-order valence-electron chi connectivity index (χ0n) is 10.1. The van der Waals surface area contributed by atoms with Gasteiger partial charge in [-0.15, -0.1) is 0 Å². The minimum Gasteiger partial charge on any atom is -0.303 e. The predicted octanol–water partition coefficient (Wildman–Crippen LogP) is 2.43. The maximum absolute atomic E-state index is 13.7. The molecule has 5 heteroatoms. The van der Waals surface area contributed by atoms with E-state index in [4.69, 9.17) is 0 Å². The zero-order valence-corrected chi connectivity index (χ0v) is 10.1. The Morgan fingerprint density at radius 2 is 2.05 bits per heavy atom. The number of aryl methyl sites for hydroxylation is 1. The normalized spacial score (nSPS) is 10.8. The van der Waals surface area contributed by atoms with Gasteiger partial charge in [0, 0.05) is 16.6 Å². The van der Waals surface area contributed by atoms with E-state index in [0.29, 0.717) is 5.56 Å². The predicted molar refractivity (Wildman–Crippen MR) is 70.3 cm³/mol. The largest absolute Gasteiger partial charge is 0.345 e. The van der Waals surface area contributed by atoms with Crippen molar-refractivity contribution in [1.29, 1.82) is 0 Å². The van der Waals surface area contributed by atoms with Crippen LogP contribution in [0.5, 0.6) is 0 Å². The highest BCUT2D eigenvalue weighted by atomic mass is 19.1. The summed E-state index contributed by atoms with van der Waals surface area (Å²) in [6, 6.07) is 9.12. The van der Waals surface area contributed by atoms with Crippen LogP contribution in [0, 0.1) is 12.7 Å². The van der Waals surface area contributed by atoms with Gasteiger partial charge in [-0.3, -0.25) is 4.98 Å². The van der Waals surface area contributed by atoms with Gasteiger partial charge in [-0.05, 0) is 25.1 Å². The number of rotatable bonds is 1. The van der Waals surface area contributed by atoms with Gasteiger partial charge in [-0.2, -0.15) is 4.98 Å². The third kappa shape index (κ3) is 2.10. The van der Waals surface area contributed by atoms with Crippen LogP contribution in [0.3, 0.4) is 0 Å². The van der Waals surface area contributed by atoms with E-state index in [1.165, 1.54) is 0 Å². The molecular formula is C14H10FN3O. The lowest BCUT2D eigenvalue weighted by Crippen LogP contribution is -2.11. The first-order chi connectivity index (χ1) is 9.13. The third-order valence-corrected chi connectivity index (χ3v) is 2.88. The van der Waals surface area contributed by atoms with Gasteiger partial charge in [0.05, 0.1) is 17.4 Å². The molecular weight excluding hydrogens is 245 g/mol. The molecule has 1 N–H and O–H groups in total. The summed E-state index contributed by atoms with van der Waals surface area (Å²) in [4.78, 5) is 21.3. The molecule has 2 aromatic heterocycles. The fourth-order valence-electron chi connectivity index (χ4n) is 1.97. The lowest BCUT2D eigenvalue weighted by atomic mass is 10.1. The molecule has 19 heavy (non-hydrogen) atoms. The Labute approximate surface area is 108 Å². The minimum absolute atomic E-state index is 0.141. The minimum atomic E-state index is -0.571. The molecule has 0 aliphatic carbocycles. The number of nitrogens with zero attached hydrogens (tertiary/aromatic N) is 2. The summed E-state index contributed by atoms with van der Waals surface area (Å²) < 4.78 is 13.7. The number of aromatic amines is 1. The fraction of sp³-hybridized carbons (Fsp3) is 0.0714. The second kappa shape index (κ2) is 4.28. The average Bonchev–Trinajstić information content (AvgIpc) is 2.41. The molecule has 0 aliphatic heterocycles. The van der Waals surface area contributed by atoms with Crippen LogP contribution in [0.15, 0.2) is 41.3 Å². The van der Waals surface area contributed by atoms with Gasteiger partial charge in [0.25, 0.3) is 0 Å². The van der Waals surface area contributed by atoms with Gasteiger partial charge in [0.15, 0.2) is 5.82 Å². The Balaban J connectivity index is 2.23. The quantitative estimate of drug-likeness (QED) is 0.726. The van der Waals surface area contributed by atoms with Crippen LogP contribution >= 0.6 is 0 Å². The molecule has 94 valence electrons. The van der Waals surface area contributed by atoms with E-state index < -0.39 is 11.5 Å². The van der Waals surface area contributed by atoms with Gasteiger partial charge in [0.2, 0.25) is 0 Å². The average molecular weight is 255 g/mol. The van der Waals surface area contributed by atoms with Crippen LogP contribution in [-0.2, 0) is 0 Å². The van der Waals surface area contributed by atoms with E-state index in [1.54, 1.807) is 18.2 Å². The van der Waals surface area contributed by atoms with Crippen molar-refractivity contribution in [2.75, 3.05) is 0 Å². The number of hydrogen-bond donors (Lipinski definition) is 1. The monoisotopic (exact) mass is 255 g/mol. The van der Waals surface area contributed by atoms with Crippen molar-refractivity contribution < 1.29 is 4.39 Å². The molecule has 0 radical (unpaired) electrons.